The average molecular weight is 299 g/mol. The van der Waals surface area contributed by atoms with Gasteiger partial charge in [0.1, 0.15) is 0 Å². The average Bonchev–Trinajstić information content (AvgIpc) is 2.98. The zero-order chi connectivity index (χ0) is 14.3. The highest BCUT2D eigenvalue weighted by molar-refractivity contribution is 5.09. The van der Waals surface area contributed by atoms with Gasteiger partial charge in [0, 0.05) is 0 Å². The van der Waals surface area contributed by atoms with E-state index in [9.17, 15) is 0 Å². The van der Waals surface area contributed by atoms with Gasteiger partial charge in [0.05, 0.1) is 0 Å². The number of fused-ring (bicyclic) bond motifs is 2. The standard InChI is InChI=1S/C22H34/c1-2-4-18-15(3-1)11-17-12-16-8-7-13-5-6-14-9-10-19(18)21(17)22(14)20(13)16/h13-22H,1-12H2. The molecule has 6 fully saturated rings. The van der Waals surface area contributed by atoms with Crippen molar-refractivity contribution < 1.29 is 0 Å². The van der Waals surface area contributed by atoms with Gasteiger partial charge < -0.3 is 0 Å². The van der Waals surface area contributed by atoms with Gasteiger partial charge in [-0.2, -0.15) is 0 Å². The van der Waals surface area contributed by atoms with Crippen LogP contribution < -0.4 is 0 Å². The molecule has 6 aliphatic carbocycles. The Labute approximate surface area is 136 Å². The van der Waals surface area contributed by atoms with E-state index in [1.165, 1.54) is 53.3 Å². The predicted octanol–water partition coefficient (Wildman–Crippen LogP) is 5.91. The Balaban J connectivity index is 1.40. The lowest BCUT2D eigenvalue weighted by Crippen LogP contribution is -2.56. The zero-order valence-electron chi connectivity index (χ0n) is 14.3. The second-order valence-corrected chi connectivity index (χ2v) is 10.3. The molecule has 0 aromatic carbocycles. The molecule has 0 aliphatic heterocycles. The molecule has 122 valence electrons. The van der Waals surface area contributed by atoms with Crippen molar-refractivity contribution in [3.05, 3.63) is 0 Å². The highest BCUT2D eigenvalue weighted by Crippen LogP contribution is 2.68. The molecule has 0 heteroatoms. The summed E-state index contributed by atoms with van der Waals surface area (Å²) < 4.78 is 0. The van der Waals surface area contributed by atoms with Crippen molar-refractivity contribution in [3.8, 4) is 0 Å². The van der Waals surface area contributed by atoms with Crippen LogP contribution in [0.15, 0.2) is 0 Å². The molecule has 0 nitrogen and oxygen atoms in total. The van der Waals surface area contributed by atoms with E-state index in [2.05, 4.69) is 0 Å². The molecule has 0 amide bonds. The van der Waals surface area contributed by atoms with Gasteiger partial charge in [-0.25, -0.2) is 0 Å². The van der Waals surface area contributed by atoms with E-state index < -0.39 is 0 Å². The van der Waals surface area contributed by atoms with Gasteiger partial charge in [-0.15, -0.1) is 0 Å². The number of hydrogen-bond acceptors (Lipinski definition) is 0. The molecule has 0 spiro atoms. The van der Waals surface area contributed by atoms with Crippen molar-refractivity contribution >= 4 is 0 Å². The Morgan fingerprint density at radius 2 is 1.05 bits per heavy atom. The van der Waals surface area contributed by atoms with Crippen molar-refractivity contribution in [2.45, 2.75) is 77.0 Å². The van der Waals surface area contributed by atoms with Crippen LogP contribution in [0.1, 0.15) is 77.0 Å². The Morgan fingerprint density at radius 3 is 1.95 bits per heavy atom. The number of hydrogen-bond donors (Lipinski definition) is 0. The summed E-state index contributed by atoms with van der Waals surface area (Å²) in [4.78, 5) is 0. The fourth-order valence-corrected chi connectivity index (χ4v) is 9.61. The van der Waals surface area contributed by atoms with Crippen molar-refractivity contribution in [3.63, 3.8) is 0 Å². The van der Waals surface area contributed by atoms with Crippen LogP contribution in [0.2, 0.25) is 0 Å². The largest absolute Gasteiger partial charge is 0.0530 e. The topological polar surface area (TPSA) is 0 Å². The smallest absolute Gasteiger partial charge is 0.0318 e. The fourth-order valence-electron chi connectivity index (χ4n) is 9.61. The van der Waals surface area contributed by atoms with Gasteiger partial charge in [-0.1, -0.05) is 19.3 Å². The summed E-state index contributed by atoms with van der Waals surface area (Å²) in [5, 5.41) is 0. The van der Waals surface area contributed by atoms with Crippen LogP contribution in [0.3, 0.4) is 0 Å². The molecule has 0 bridgehead atoms. The minimum Gasteiger partial charge on any atom is -0.0530 e. The molecule has 6 saturated carbocycles. The third-order valence-corrected chi connectivity index (χ3v) is 9.98. The third-order valence-electron chi connectivity index (χ3n) is 9.98. The summed E-state index contributed by atoms with van der Waals surface area (Å²) in [6, 6.07) is 0. The van der Waals surface area contributed by atoms with E-state index in [-0.39, 0.29) is 0 Å². The first kappa shape index (κ1) is 13.3. The Morgan fingerprint density at radius 1 is 0.364 bits per heavy atom. The van der Waals surface area contributed by atoms with Crippen LogP contribution in [0.5, 0.6) is 0 Å². The highest BCUT2D eigenvalue weighted by Gasteiger charge is 2.60. The second-order valence-electron chi connectivity index (χ2n) is 10.3. The van der Waals surface area contributed by atoms with Crippen molar-refractivity contribution in [1.29, 1.82) is 0 Å². The minimum absolute atomic E-state index is 1.16. The molecule has 10 atom stereocenters. The van der Waals surface area contributed by atoms with Crippen LogP contribution in [0.4, 0.5) is 0 Å². The predicted molar refractivity (Wildman–Crippen MR) is 90.3 cm³/mol. The molecule has 6 aliphatic rings. The molecule has 6 rings (SSSR count). The monoisotopic (exact) mass is 298 g/mol. The van der Waals surface area contributed by atoms with Crippen molar-refractivity contribution in [2.75, 3.05) is 0 Å². The molecule has 0 heterocycles. The summed E-state index contributed by atoms with van der Waals surface area (Å²) in [6.07, 6.45) is 19.5. The lowest BCUT2D eigenvalue weighted by molar-refractivity contribution is -0.142. The molecule has 22 heavy (non-hydrogen) atoms. The molecular weight excluding hydrogens is 264 g/mol. The van der Waals surface area contributed by atoms with Crippen LogP contribution >= 0.6 is 0 Å². The van der Waals surface area contributed by atoms with Crippen molar-refractivity contribution in [1.82, 2.24) is 0 Å². The molecule has 0 saturated heterocycles. The summed E-state index contributed by atoms with van der Waals surface area (Å²) in [5.41, 5.74) is 0. The van der Waals surface area contributed by atoms with Gasteiger partial charge >= 0.3 is 0 Å². The molecule has 0 N–H and O–H groups in total. The lowest BCUT2D eigenvalue weighted by Gasteiger charge is -2.63. The van der Waals surface area contributed by atoms with E-state index >= 15 is 0 Å². The fraction of sp³-hybridized carbons (Fsp3) is 1.00. The van der Waals surface area contributed by atoms with E-state index in [0.717, 1.165) is 5.92 Å². The number of rotatable bonds is 0. The molecule has 0 aromatic rings. The van der Waals surface area contributed by atoms with Crippen LogP contribution in [-0.4, -0.2) is 0 Å². The Bertz CT molecular complexity index is 451. The third kappa shape index (κ3) is 1.66. The van der Waals surface area contributed by atoms with Crippen LogP contribution in [-0.2, 0) is 0 Å². The van der Waals surface area contributed by atoms with Crippen LogP contribution in [0.25, 0.3) is 0 Å². The maximum absolute atomic E-state index is 1.68. The van der Waals surface area contributed by atoms with Crippen molar-refractivity contribution in [2.24, 2.45) is 59.2 Å². The minimum atomic E-state index is 1.16. The van der Waals surface area contributed by atoms with Crippen LogP contribution in [0, 0.1) is 59.2 Å². The summed E-state index contributed by atoms with van der Waals surface area (Å²) in [7, 11) is 0. The van der Waals surface area contributed by atoms with E-state index in [0.29, 0.717) is 0 Å². The van der Waals surface area contributed by atoms with Gasteiger partial charge in [0.15, 0.2) is 0 Å². The molecule has 0 aromatic heterocycles. The molecule has 10 unspecified atom stereocenters. The SMILES string of the molecule is C1CCC2C(C1)CC1CC3CCC4CCC5CCC2C1C5C43. The maximum atomic E-state index is 1.68. The molecular formula is C22H34. The normalized spacial score (nSPS) is 62.2. The Kier molecular flexibility index (Phi) is 2.88. The van der Waals surface area contributed by atoms with Gasteiger partial charge in [0.2, 0.25) is 0 Å². The van der Waals surface area contributed by atoms with Gasteiger partial charge in [-0.05, 0) is 117 Å². The van der Waals surface area contributed by atoms with E-state index in [1.54, 1.807) is 77.0 Å². The lowest BCUT2D eigenvalue weighted by atomic mass is 9.42. The summed E-state index contributed by atoms with van der Waals surface area (Å²) >= 11 is 0. The first-order valence-electron chi connectivity index (χ1n) is 10.9. The summed E-state index contributed by atoms with van der Waals surface area (Å²) in [6.45, 7) is 0. The maximum Gasteiger partial charge on any atom is -0.0318 e. The summed E-state index contributed by atoms with van der Waals surface area (Å²) in [5.74, 6) is 11.9. The Hall–Kier alpha value is 0. The zero-order valence-corrected chi connectivity index (χ0v) is 14.3. The van der Waals surface area contributed by atoms with E-state index in [4.69, 9.17) is 0 Å². The van der Waals surface area contributed by atoms with Gasteiger partial charge in [0.25, 0.3) is 0 Å². The molecule has 0 radical (unpaired) electrons. The second kappa shape index (κ2) is 4.76. The first-order valence-corrected chi connectivity index (χ1v) is 10.9. The van der Waals surface area contributed by atoms with Gasteiger partial charge in [-0.3, -0.25) is 0 Å². The highest BCUT2D eigenvalue weighted by atomic mass is 14.7. The first-order chi connectivity index (χ1) is 10.9. The quantitative estimate of drug-likeness (QED) is 0.521. The van der Waals surface area contributed by atoms with E-state index in [1.807, 2.05) is 0 Å².